The molecule has 2 nitrogen and oxygen atoms in total. The van der Waals surface area contributed by atoms with Crippen LogP contribution in [0.4, 0.5) is 0 Å². The lowest BCUT2D eigenvalue weighted by molar-refractivity contribution is 0.136. The Hall–Kier alpha value is 1.66. The summed E-state index contributed by atoms with van der Waals surface area (Å²) in [5, 5.41) is 18.9. The van der Waals surface area contributed by atoms with Crippen LogP contribution in [-0.4, -0.2) is 30.0 Å². The molecule has 0 aromatic carbocycles. The minimum atomic E-state index is -1.56. The van der Waals surface area contributed by atoms with Crippen LogP contribution in [0.3, 0.4) is 0 Å². The van der Waals surface area contributed by atoms with Crippen LogP contribution in [0.15, 0.2) is 0 Å². The number of halogens is 6. The van der Waals surface area contributed by atoms with E-state index in [9.17, 15) is 10.2 Å². The van der Waals surface area contributed by atoms with Crippen LogP contribution in [-0.2, 0) is 0 Å². The van der Waals surface area contributed by atoms with Gasteiger partial charge < -0.3 is 10.2 Å². The zero-order valence-corrected chi connectivity index (χ0v) is 21.6. The standard InChI is InChI=1S/C10H19Cl3O.C9H17Cl3O/c1-7(6-9(2,3)4)5-8(14)10(11,12)13;1-2-3-4-5-6-7-8(13)9(10,11)12/h7-8,14H,5-6H2,1-4H3;8,13H,2-7H2,1H3. The van der Waals surface area contributed by atoms with Crippen molar-refractivity contribution in [2.24, 2.45) is 11.3 Å². The van der Waals surface area contributed by atoms with E-state index in [1.807, 2.05) is 0 Å². The molecule has 3 atom stereocenters. The molecule has 8 heteroatoms. The van der Waals surface area contributed by atoms with E-state index in [4.69, 9.17) is 69.6 Å². The second kappa shape index (κ2) is 14.6. The molecule has 0 aliphatic rings. The van der Waals surface area contributed by atoms with E-state index in [-0.39, 0.29) is 5.41 Å². The first-order valence-corrected chi connectivity index (χ1v) is 11.8. The minimum absolute atomic E-state index is 0.243. The van der Waals surface area contributed by atoms with Crippen molar-refractivity contribution in [2.45, 2.75) is 106 Å². The van der Waals surface area contributed by atoms with Gasteiger partial charge in [-0.2, -0.15) is 0 Å². The fourth-order valence-corrected chi connectivity index (χ4v) is 3.34. The topological polar surface area (TPSA) is 40.5 Å². The van der Waals surface area contributed by atoms with Gasteiger partial charge in [-0.15, -0.1) is 0 Å². The van der Waals surface area contributed by atoms with Crippen molar-refractivity contribution in [3.05, 3.63) is 0 Å². The van der Waals surface area contributed by atoms with Crippen molar-refractivity contribution in [1.82, 2.24) is 0 Å². The van der Waals surface area contributed by atoms with E-state index < -0.39 is 19.8 Å². The molecule has 0 aliphatic carbocycles. The Balaban J connectivity index is 0. The number of hydrogen-bond donors (Lipinski definition) is 2. The van der Waals surface area contributed by atoms with Gasteiger partial charge in [0, 0.05) is 0 Å². The fraction of sp³-hybridized carbons (Fsp3) is 1.00. The van der Waals surface area contributed by atoms with E-state index in [1.165, 1.54) is 19.3 Å². The van der Waals surface area contributed by atoms with Crippen molar-refractivity contribution in [3.8, 4) is 0 Å². The summed E-state index contributed by atoms with van der Waals surface area (Å²) in [5.74, 6) is 0.348. The van der Waals surface area contributed by atoms with Crippen molar-refractivity contribution in [2.75, 3.05) is 0 Å². The van der Waals surface area contributed by atoms with Crippen LogP contribution in [0.1, 0.15) is 86.0 Å². The molecule has 0 spiro atoms. The number of rotatable bonds is 9. The lowest BCUT2D eigenvalue weighted by Crippen LogP contribution is -2.28. The Morgan fingerprint density at radius 3 is 1.56 bits per heavy atom. The van der Waals surface area contributed by atoms with E-state index in [0.717, 1.165) is 19.3 Å². The van der Waals surface area contributed by atoms with Gasteiger partial charge in [0.25, 0.3) is 0 Å². The third kappa shape index (κ3) is 20.7. The van der Waals surface area contributed by atoms with Gasteiger partial charge in [-0.1, -0.05) is 136 Å². The van der Waals surface area contributed by atoms with Crippen molar-refractivity contribution < 1.29 is 10.2 Å². The van der Waals surface area contributed by atoms with Gasteiger partial charge in [-0.25, -0.2) is 0 Å². The van der Waals surface area contributed by atoms with Crippen molar-refractivity contribution >= 4 is 69.6 Å². The summed E-state index contributed by atoms with van der Waals surface area (Å²) in [7, 11) is 0. The maximum Gasteiger partial charge on any atom is 0.216 e. The number of aliphatic hydroxyl groups is 2. The molecule has 0 aliphatic heterocycles. The lowest BCUT2D eigenvalue weighted by Gasteiger charge is -2.27. The third-order valence-electron chi connectivity index (χ3n) is 3.92. The molecule has 0 aromatic heterocycles. The van der Waals surface area contributed by atoms with Gasteiger partial charge in [0.2, 0.25) is 7.59 Å². The molecule has 27 heavy (non-hydrogen) atoms. The van der Waals surface area contributed by atoms with Crippen LogP contribution in [0.25, 0.3) is 0 Å². The second-order valence-corrected chi connectivity index (χ2v) is 13.2. The normalized spacial score (nSPS) is 16.3. The zero-order chi connectivity index (χ0) is 21.9. The summed E-state index contributed by atoms with van der Waals surface area (Å²) in [6.45, 7) is 10.7. The molecule has 0 saturated heterocycles. The SMILES string of the molecule is CC(CC(O)C(Cl)(Cl)Cl)CC(C)(C)C.CCCCCCCC(O)C(Cl)(Cl)Cl. The molecule has 2 N–H and O–H groups in total. The summed E-state index contributed by atoms with van der Waals surface area (Å²) in [6.07, 6.45) is 6.06. The summed E-state index contributed by atoms with van der Waals surface area (Å²) in [4.78, 5) is 0. The van der Waals surface area contributed by atoms with Gasteiger partial charge in [0.15, 0.2) is 0 Å². The lowest BCUT2D eigenvalue weighted by atomic mass is 9.83. The molecular weight excluding hydrogens is 473 g/mol. The van der Waals surface area contributed by atoms with Crippen molar-refractivity contribution in [3.63, 3.8) is 0 Å². The largest absolute Gasteiger partial charge is 0.389 e. The van der Waals surface area contributed by atoms with E-state index in [1.54, 1.807) is 0 Å². The molecule has 0 saturated carbocycles. The monoisotopic (exact) mass is 506 g/mol. The molecule has 0 radical (unpaired) electrons. The molecular formula is C19H36Cl6O2. The highest BCUT2D eigenvalue weighted by Gasteiger charge is 2.32. The fourth-order valence-electron chi connectivity index (χ4n) is 2.75. The van der Waals surface area contributed by atoms with Crippen LogP contribution in [0, 0.1) is 11.3 Å². The highest BCUT2D eigenvalue weighted by molar-refractivity contribution is 6.68. The molecule has 0 amide bonds. The van der Waals surface area contributed by atoms with Crippen LogP contribution in [0.5, 0.6) is 0 Å². The second-order valence-electron chi connectivity index (χ2n) is 8.42. The predicted molar refractivity (Wildman–Crippen MR) is 124 cm³/mol. The third-order valence-corrected chi connectivity index (χ3v) is 5.43. The Kier molecular flexibility index (Phi) is 16.7. The van der Waals surface area contributed by atoms with Gasteiger partial charge >= 0.3 is 0 Å². The van der Waals surface area contributed by atoms with Crippen LogP contribution in [0.2, 0.25) is 0 Å². The number of unbranched alkanes of at least 4 members (excludes halogenated alkanes) is 4. The van der Waals surface area contributed by atoms with E-state index >= 15 is 0 Å². The molecule has 0 aromatic rings. The van der Waals surface area contributed by atoms with Gasteiger partial charge in [-0.05, 0) is 30.6 Å². The molecule has 0 heterocycles. The van der Waals surface area contributed by atoms with Crippen molar-refractivity contribution in [1.29, 1.82) is 0 Å². The zero-order valence-electron chi connectivity index (χ0n) is 17.1. The number of hydrogen-bond acceptors (Lipinski definition) is 2. The van der Waals surface area contributed by atoms with E-state index in [0.29, 0.717) is 18.8 Å². The molecule has 0 rings (SSSR count). The first-order valence-electron chi connectivity index (χ1n) is 9.50. The summed E-state index contributed by atoms with van der Waals surface area (Å²) >= 11 is 33.3. The number of alkyl halides is 6. The molecule has 166 valence electrons. The Morgan fingerprint density at radius 1 is 0.741 bits per heavy atom. The van der Waals surface area contributed by atoms with Gasteiger partial charge in [0.05, 0.1) is 0 Å². The predicted octanol–water partition coefficient (Wildman–Crippen LogP) is 8.26. The maximum absolute atomic E-state index is 9.56. The minimum Gasteiger partial charge on any atom is -0.389 e. The average Bonchev–Trinajstić information content (AvgIpc) is 2.43. The summed E-state index contributed by atoms with van der Waals surface area (Å²) in [5.41, 5.74) is 0.243. The Bertz CT molecular complexity index is 361. The first-order chi connectivity index (χ1) is 12.0. The van der Waals surface area contributed by atoms with Gasteiger partial charge in [-0.3, -0.25) is 0 Å². The summed E-state index contributed by atoms with van der Waals surface area (Å²) < 4.78 is -3.09. The molecule has 0 bridgehead atoms. The van der Waals surface area contributed by atoms with Crippen LogP contribution >= 0.6 is 69.6 Å². The van der Waals surface area contributed by atoms with E-state index in [2.05, 4.69) is 34.6 Å². The average molecular weight is 509 g/mol. The highest BCUT2D eigenvalue weighted by atomic mass is 35.6. The Labute approximate surface area is 196 Å². The molecule has 0 fully saturated rings. The summed E-state index contributed by atoms with van der Waals surface area (Å²) in [6, 6.07) is 0. The Morgan fingerprint density at radius 2 is 1.19 bits per heavy atom. The highest BCUT2D eigenvalue weighted by Crippen LogP contribution is 2.36. The van der Waals surface area contributed by atoms with Crippen LogP contribution < -0.4 is 0 Å². The maximum atomic E-state index is 9.56. The smallest absolute Gasteiger partial charge is 0.216 e. The molecule has 3 unspecified atom stereocenters. The first kappa shape index (κ1) is 30.9. The van der Waals surface area contributed by atoms with Gasteiger partial charge in [0.1, 0.15) is 12.2 Å². The number of aliphatic hydroxyl groups excluding tert-OH is 2. The quantitative estimate of drug-likeness (QED) is 0.243.